The van der Waals surface area contributed by atoms with E-state index in [9.17, 15) is 0 Å². The average Bonchev–Trinajstić information content (AvgIpc) is 3.11. The molecule has 1 aliphatic rings. The fourth-order valence-corrected chi connectivity index (χ4v) is 4.60. The first-order valence-corrected chi connectivity index (χ1v) is 10.2. The Bertz CT molecular complexity index is 835. The van der Waals surface area contributed by atoms with Gasteiger partial charge in [-0.3, -0.25) is 0 Å². The van der Waals surface area contributed by atoms with Gasteiger partial charge in [0.15, 0.2) is 0 Å². The number of hydrogen-bond donors (Lipinski definition) is 1. The molecule has 0 spiro atoms. The highest BCUT2D eigenvalue weighted by Crippen LogP contribution is 2.35. The van der Waals surface area contributed by atoms with Crippen LogP contribution in [0, 0.1) is 0 Å². The minimum absolute atomic E-state index is 0.530. The predicted octanol–water partition coefficient (Wildman–Crippen LogP) is 5.91. The molecule has 25 heavy (non-hydrogen) atoms. The van der Waals surface area contributed by atoms with Gasteiger partial charge in [0.25, 0.3) is 0 Å². The van der Waals surface area contributed by atoms with E-state index in [1.165, 1.54) is 47.9 Å². The zero-order valence-electron chi connectivity index (χ0n) is 14.8. The van der Waals surface area contributed by atoms with Gasteiger partial charge in [-0.2, -0.15) is 0 Å². The van der Waals surface area contributed by atoms with Gasteiger partial charge in [-0.15, -0.1) is 11.3 Å². The van der Waals surface area contributed by atoms with Crippen LogP contribution in [0.5, 0.6) is 0 Å². The van der Waals surface area contributed by atoms with Crippen LogP contribution in [-0.2, 0) is 13.0 Å². The molecule has 3 nitrogen and oxygen atoms in total. The minimum atomic E-state index is 0.530. The van der Waals surface area contributed by atoms with Gasteiger partial charge in [0, 0.05) is 17.3 Å². The molecule has 0 radical (unpaired) electrons. The fraction of sp³-hybridized carbons (Fsp3) is 0.429. The van der Waals surface area contributed by atoms with Gasteiger partial charge in [-0.25, -0.2) is 9.97 Å². The molecule has 2 heterocycles. The lowest BCUT2D eigenvalue weighted by atomic mass is 9.88. The lowest BCUT2D eigenvalue weighted by Crippen LogP contribution is -2.11. The second-order valence-corrected chi connectivity index (χ2v) is 8.00. The Labute approximate surface area is 153 Å². The van der Waals surface area contributed by atoms with Crippen LogP contribution in [0.25, 0.3) is 10.2 Å². The molecule has 1 saturated carbocycles. The van der Waals surface area contributed by atoms with Crippen LogP contribution in [0.3, 0.4) is 0 Å². The molecule has 4 heteroatoms. The number of anilines is 1. The third-order valence-corrected chi connectivity index (χ3v) is 6.26. The Morgan fingerprint density at radius 1 is 1.08 bits per heavy atom. The predicted molar refractivity (Wildman–Crippen MR) is 106 cm³/mol. The third-order valence-electron chi connectivity index (χ3n) is 5.08. The van der Waals surface area contributed by atoms with E-state index in [-0.39, 0.29) is 0 Å². The lowest BCUT2D eigenvalue weighted by molar-refractivity contribution is 0.430. The molecule has 4 rings (SSSR count). The summed E-state index contributed by atoms with van der Waals surface area (Å²) in [7, 11) is 0. The monoisotopic (exact) mass is 351 g/mol. The van der Waals surface area contributed by atoms with Gasteiger partial charge in [-0.05, 0) is 30.9 Å². The number of nitrogens with one attached hydrogen (secondary N) is 1. The van der Waals surface area contributed by atoms with Gasteiger partial charge in [0.1, 0.15) is 16.5 Å². The van der Waals surface area contributed by atoms with Crippen LogP contribution in [0.4, 0.5) is 5.82 Å². The van der Waals surface area contributed by atoms with Gasteiger partial charge >= 0.3 is 0 Å². The molecular weight excluding hydrogens is 326 g/mol. The van der Waals surface area contributed by atoms with Crippen molar-refractivity contribution >= 4 is 27.4 Å². The summed E-state index contributed by atoms with van der Waals surface area (Å²) in [5.74, 6) is 2.58. The third kappa shape index (κ3) is 3.69. The molecular formula is C21H25N3S. The van der Waals surface area contributed by atoms with E-state index in [1.807, 2.05) is 11.3 Å². The normalized spacial score (nSPS) is 15.6. The first-order chi connectivity index (χ1) is 12.3. The molecule has 130 valence electrons. The highest BCUT2D eigenvalue weighted by atomic mass is 32.1. The number of thiophene rings is 1. The van der Waals surface area contributed by atoms with Crippen LogP contribution < -0.4 is 5.32 Å². The fourth-order valence-electron chi connectivity index (χ4n) is 3.62. The molecule has 1 N–H and O–H groups in total. The summed E-state index contributed by atoms with van der Waals surface area (Å²) in [4.78, 5) is 12.4. The SMILES string of the molecule is CCc1cc2c(NCc3ccccc3)nc(C3CCCCC3)nc2s1. The molecule has 0 atom stereocenters. The van der Waals surface area contributed by atoms with Crippen molar-refractivity contribution in [3.8, 4) is 0 Å². The van der Waals surface area contributed by atoms with Crippen molar-refractivity contribution in [1.29, 1.82) is 0 Å². The standard InChI is InChI=1S/C21H25N3S/c1-2-17-13-18-20(22-14-15-9-5-3-6-10-15)23-19(24-21(18)25-17)16-11-7-4-8-12-16/h3,5-6,9-10,13,16H,2,4,7-8,11-12,14H2,1H3,(H,22,23,24). The highest BCUT2D eigenvalue weighted by molar-refractivity contribution is 7.18. The van der Waals surface area contributed by atoms with E-state index in [4.69, 9.17) is 9.97 Å². The summed E-state index contributed by atoms with van der Waals surface area (Å²) < 4.78 is 0. The average molecular weight is 352 g/mol. The maximum absolute atomic E-state index is 4.97. The Morgan fingerprint density at radius 3 is 2.64 bits per heavy atom. The van der Waals surface area contributed by atoms with Gasteiger partial charge in [0.05, 0.1) is 5.39 Å². The first-order valence-electron chi connectivity index (χ1n) is 9.41. The molecule has 1 aromatic carbocycles. The highest BCUT2D eigenvalue weighted by Gasteiger charge is 2.21. The van der Waals surface area contributed by atoms with Crippen LogP contribution in [0.1, 0.15) is 61.2 Å². The van der Waals surface area contributed by atoms with E-state index in [1.54, 1.807) is 0 Å². The van der Waals surface area contributed by atoms with Crippen LogP contribution in [0.15, 0.2) is 36.4 Å². The smallest absolute Gasteiger partial charge is 0.138 e. The summed E-state index contributed by atoms with van der Waals surface area (Å²) in [5.41, 5.74) is 1.28. The van der Waals surface area contributed by atoms with E-state index in [0.29, 0.717) is 5.92 Å². The van der Waals surface area contributed by atoms with Crippen molar-refractivity contribution in [2.75, 3.05) is 5.32 Å². The van der Waals surface area contributed by atoms with Gasteiger partial charge in [-0.1, -0.05) is 56.5 Å². The van der Waals surface area contributed by atoms with Gasteiger partial charge < -0.3 is 5.32 Å². The zero-order chi connectivity index (χ0) is 17.1. The largest absolute Gasteiger partial charge is 0.365 e. The minimum Gasteiger partial charge on any atom is -0.365 e. The molecule has 0 unspecified atom stereocenters. The Balaban J connectivity index is 1.67. The summed E-state index contributed by atoms with van der Waals surface area (Å²) in [6.45, 7) is 3.01. The Morgan fingerprint density at radius 2 is 1.88 bits per heavy atom. The van der Waals surface area contributed by atoms with E-state index >= 15 is 0 Å². The molecule has 0 aliphatic heterocycles. The maximum atomic E-state index is 4.97. The number of hydrogen-bond acceptors (Lipinski definition) is 4. The Kier molecular flexibility index (Phi) is 4.97. The second kappa shape index (κ2) is 7.52. The maximum Gasteiger partial charge on any atom is 0.138 e. The molecule has 0 bridgehead atoms. The summed E-state index contributed by atoms with van der Waals surface area (Å²) in [6, 6.07) is 12.8. The second-order valence-electron chi connectivity index (χ2n) is 6.89. The van der Waals surface area contributed by atoms with E-state index in [0.717, 1.165) is 29.4 Å². The number of nitrogens with zero attached hydrogens (tertiary/aromatic N) is 2. The van der Waals surface area contributed by atoms with E-state index in [2.05, 4.69) is 48.6 Å². The van der Waals surface area contributed by atoms with Crippen molar-refractivity contribution in [2.45, 2.75) is 57.9 Å². The van der Waals surface area contributed by atoms with E-state index < -0.39 is 0 Å². The number of rotatable bonds is 5. The first kappa shape index (κ1) is 16.5. The molecule has 1 aliphatic carbocycles. The summed E-state index contributed by atoms with van der Waals surface area (Å²) in [5, 5.41) is 4.75. The quantitative estimate of drug-likeness (QED) is 0.620. The molecule has 1 fully saturated rings. The number of fused-ring (bicyclic) bond motifs is 1. The molecule has 0 saturated heterocycles. The summed E-state index contributed by atoms with van der Waals surface area (Å²) in [6.07, 6.45) is 7.49. The number of aromatic nitrogens is 2. The van der Waals surface area contributed by atoms with Gasteiger partial charge in [0.2, 0.25) is 0 Å². The molecule has 3 aromatic rings. The van der Waals surface area contributed by atoms with Crippen molar-refractivity contribution in [1.82, 2.24) is 9.97 Å². The molecule has 2 aromatic heterocycles. The van der Waals surface area contributed by atoms with Crippen LogP contribution >= 0.6 is 11.3 Å². The molecule has 0 amide bonds. The van der Waals surface area contributed by atoms with Crippen molar-refractivity contribution in [3.63, 3.8) is 0 Å². The topological polar surface area (TPSA) is 37.8 Å². The Hall–Kier alpha value is -1.94. The van der Waals surface area contributed by atoms with Crippen molar-refractivity contribution in [3.05, 3.63) is 52.7 Å². The zero-order valence-corrected chi connectivity index (χ0v) is 15.6. The lowest BCUT2D eigenvalue weighted by Gasteiger charge is -2.21. The van der Waals surface area contributed by atoms with Crippen molar-refractivity contribution in [2.24, 2.45) is 0 Å². The number of benzene rings is 1. The summed E-state index contributed by atoms with van der Waals surface area (Å²) >= 11 is 1.82. The van der Waals surface area contributed by atoms with Crippen LogP contribution in [-0.4, -0.2) is 9.97 Å². The van der Waals surface area contributed by atoms with Crippen molar-refractivity contribution < 1.29 is 0 Å². The van der Waals surface area contributed by atoms with Crippen LogP contribution in [0.2, 0.25) is 0 Å². The number of aryl methyl sites for hydroxylation is 1.